The van der Waals surface area contributed by atoms with Crippen LogP contribution in [0.4, 0.5) is 4.39 Å². The molecule has 4 nitrogen and oxygen atoms in total. The van der Waals surface area contributed by atoms with E-state index in [9.17, 15) is 14.0 Å². The quantitative estimate of drug-likeness (QED) is 0.908. The molecule has 21 heavy (non-hydrogen) atoms. The Morgan fingerprint density at radius 2 is 2.05 bits per heavy atom. The molecule has 1 saturated heterocycles. The maximum absolute atomic E-state index is 13.9. The summed E-state index contributed by atoms with van der Waals surface area (Å²) in [7, 11) is 0. The van der Waals surface area contributed by atoms with E-state index in [2.05, 4.69) is 0 Å². The number of aliphatic carboxylic acids is 1. The van der Waals surface area contributed by atoms with Crippen LogP contribution in [0, 0.1) is 0 Å². The smallest absolute Gasteiger partial charge is 0.343 e. The molecule has 1 aromatic carbocycles. The van der Waals surface area contributed by atoms with Crippen LogP contribution in [0.15, 0.2) is 30.3 Å². The molecule has 1 aromatic rings. The van der Waals surface area contributed by atoms with E-state index in [1.165, 1.54) is 4.90 Å². The molecule has 1 aliphatic rings. The number of hydrogen-bond donors (Lipinski definition) is 1. The van der Waals surface area contributed by atoms with Gasteiger partial charge in [-0.25, -0.2) is 9.18 Å². The highest BCUT2D eigenvalue weighted by atomic mass is 19.1. The van der Waals surface area contributed by atoms with Crippen molar-refractivity contribution in [1.29, 1.82) is 0 Å². The van der Waals surface area contributed by atoms with Gasteiger partial charge in [-0.05, 0) is 17.9 Å². The molecule has 2 unspecified atom stereocenters. The number of halogens is 1. The fourth-order valence-corrected chi connectivity index (χ4v) is 2.61. The average molecular weight is 293 g/mol. The van der Waals surface area contributed by atoms with Crippen molar-refractivity contribution < 1.29 is 19.1 Å². The number of alkyl halides is 1. The Kier molecular flexibility index (Phi) is 4.60. The van der Waals surface area contributed by atoms with Gasteiger partial charge < -0.3 is 10.0 Å². The largest absolute Gasteiger partial charge is 0.479 e. The van der Waals surface area contributed by atoms with E-state index in [1.807, 2.05) is 37.3 Å². The molecule has 1 heterocycles. The van der Waals surface area contributed by atoms with Gasteiger partial charge in [-0.1, -0.05) is 37.3 Å². The first-order valence-corrected chi connectivity index (χ1v) is 7.17. The maximum atomic E-state index is 13.9. The molecule has 0 radical (unpaired) electrons. The lowest BCUT2D eigenvalue weighted by molar-refractivity contribution is -0.150. The van der Waals surface area contributed by atoms with Crippen molar-refractivity contribution in [3.8, 4) is 0 Å². The van der Waals surface area contributed by atoms with Crippen LogP contribution in [-0.4, -0.2) is 40.6 Å². The van der Waals surface area contributed by atoms with Crippen LogP contribution in [0.1, 0.15) is 37.7 Å². The number of benzene rings is 1. The summed E-state index contributed by atoms with van der Waals surface area (Å²) in [6.45, 7) is 1.89. The molecule has 114 valence electrons. The van der Waals surface area contributed by atoms with Crippen LogP contribution >= 0.6 is 0 Å². The normalized spacial score (nSPS) is 23.0. The predicted octanol–water partition coefficient (Wildman–Crippen LogP) is 2.60. The summed E-state index contributed by atoms with van der Waals surface area (Å²) in [4.78, 5) is 24.2. The number of carbonyl (C=O) groups excluding carboxylic acids is 1. The fourth-order valence-electron chi connectivity index (χ4n) is 2.61. The first-order valence-electron chi connectivity index (χ1n) is 7.17. The van der Waals surface area contributed by atoms with E-state index in [4.69, 9.17) is 5.11 Å². The summed E-state index contributed by atoms with van der Waals surface area (Å²) in [5.74, 6) is -1.40. The second kappa shape index (κ2) is 6.24. The third-order valence-corrected chi connectivity index (χ3v) is 4.12. The molecule has 1 fully saturated rings. The molecule has 5 heteroatoms. The zero-order valence-electron chi connectivity index (χ0n) is 12.1. The molecule has 0 aromatic heterocycles. The number of rotatable bonds is 5. The van der Waals surface area contributed by atoms with E-state index >= 15 is 0 Å². The van der Waals surface area contributed by atoms with Crippen molar-refractivity contribution in [3.63, 3.8) is 0 Å². The minimum Gasteiger partial charge on any atom is -0.479 e. The number of nitrogens with zero attached hydrogens (tertiary/aromatic N) is 1. The van der Waals surface area contributed by atoms with Crippen LogP contribution in [0.5, 0.6) is 0 Å². The van der Waals surface area contributed by atoms with Crippen molar-refractivity contribution in [2.24, 2.45) is 0 Å². The number of carbonyl (C=O) groups is 2. The van der Waals surface area contributed by atoms with Gasteiger partial charge in [-0.2, -0.15) is 0 Å². The number of carboxylic acid groups (broad SMARTS) is 1. The lowest BCUT2D eigenvalue weighted by Crippen LogP contribution is -2.38. The number of carboxylic acids is 1. The zero-order chi connectivity index (χ0) is 15.5. The molecular weight excluding hydrogens is 273 g/mol. The lowest BCUT2D eigenvalue weighted by atomic mass is 9.96. The molecule has 0 spiro atoms. The molecule has 2 rings (SSSR count). The molecule has 0 saturated carbocycles. The first-order chi connectivity index (χ1) is 9.92. The summed E-state index contributed by atoms with van der Waals surface area (Å²) < 4.78 is 13.9. The van der Waals surface area contributed by atoms with Crippen molar-refractivity contribution >= 4 is 11.9 Å². The molecule has 0 aliphatic carbocycles. The van der Waals surface area contributed by atoms with Gasteiger partial charge in [0.2, 0.25) is 11.6 Å². The van der Waals surface area contributed by atoms with Gasteiger partial charge in [0, 0.05) is 19.4 Å². The Bertz CT molecular complexity index is 520. The monoisotopic (exact) mass is 293 g/mol. The van der Waals surface area contributed by atoms with Crippen molar-refractivity contribution in [3.05, 3.63) is 35.9 Å². The van der Waals surface area contributed by atoms with Crippen LogP contribution < -0.4 is 0 Å². The van der Waals surface area contributed by atoms with Crippen molar-refractivity contribution in [2.45, 2.75) is 37.8 Å². The van der Waals surface area contributed by atoms with E-state index < -0.39 is 11.6 Å². The number of likely N-dealkylation sites (tertiary alicyclic amines) is 1. The zero-order valence-corrected chi connectivity index (χ0v) is 12.1. The standard InChI is InChI=1S/C16H20FNO3/c1-12(13-5-3-2-4-6-13)7-8-14(19)18-10-9-16(17,11-18)15(20)21/h2-6,12H,7-11H2,1H3,(H,20,21). The summed E-state index contributed by atoms with van der Waals surface area (Å²) in [6, 6.07) is 9.89. The summed E-state index contributed by atoms with van der Waals surface area (Å²) in [5, 5.41) is 8.83. The number of amides is 1. The van der Waals surface area contributed by atoms with E-state index in [0.717, 1.165) is 5.56 Å². The van der Waals surface area contributed by atoms with Gasteiger partial charge in [0.05, 0.1) is 6.54 Å². The van der Waals surface area contributed by atoms with E-state index in [0.29, 0.717) is 12.8 Å². The van der Waals surface area contributed by atoms with Gasteiger partial charge in [0.1, 0.15) is 0 Å². The molecule has 2 atom stereocenters. The van der Waals surface area contributed by atoms with E-state index in [-0.39, 0.29) is 31.3 Å². The Labute approximate surface area is 123 Å². The van der Waals surface area contributed by atoms with Crippen molar-refractivity contribution in [2.75, 3.05) is 13.1 Å². The highest BCUT2D eigenvalue weighted by Gasteiger charge is 2.46. The Morgan fingerprint density at radius 3 is 2.62 bits per heavy atom. The summed E-state index contributed by atoms with van der Waals surface area (Å²) in [6.07, 6.45) is 0.861. The topological polar surface area (TPSA) is 57.6 Å². The Morgan fingerprint density at radius 1 is 1.38 bits per heavy atom. The van der Waals surface area contributed by atoms with Crippen LogP contribution in [-0.2, 0) is 9.59 Å². The molecule has 1 amide bonds. The highest BCUT2D eigenvalue weighted by molar-refractivity contribution is 5.82. The molecule has 0 bridgehead atoms. The third-order valence-electron chi connectivity index (χ3n) is 4.12. The fraction of sp³-hybridized carbons (Fsp3) is 0.500. The lowest BCUT2D eigenvalue weighted by Gasteiger charge is -2.19. The van der Waals surface area contributed by atoms with E-state index in [1.54, 1.807) is 0 Å². The second-order valence-corrected chi connectivity index (χ2v) is 5.69. The number of hydrogen-bond acceptors (Lipinski definition) is 2. The molecule has 1 N–H and O–H groups in total. The molecular formula is C16H20FNO3. The predicted molar refractivity (Wildman–Crippen MR) is 76.8 cm³/mol. The van der Waals surface area contributed by atoms with Gasteiger partial charge in [-0.15, -0.1) is 0 Å². The third kappa shape index (κ3) is 3.60. The second-order valence-electron chi connectivity index (χ2n) is 5.69. The highest BCUT2D eigenvalue weighted by Crippen LogP contribution is 2.27. The first kappa shape index (κ1) is 15.5. The van der Waals surface area contributed by atoms with Crippen molar-refractivity contribution in [1.82, 2.24) is 4.90 Å². The Hall–Kier alpha value is -1.91. The minimum atomic E-state index is -2.28. The van der Waals surface area contributed by atoms with Gasteiger partial charge in [0.25, 0.3) is 0 Å². The van der Waals surface area contributed by atoms with Gasteiger partial charge in [0.15, 0.2) is 0 Å². The van der Waals surface area contributed by atoms with Gasteiger partial charge in [-0.3, -0.25) is 4.79 Å². The minimum absolute atomic E-state index is 0.123. The Balaban J connectivity index is 1.85. The maximum Gasteiger partial charge on any atom is 0.343 e. The van der Waals surface area contributed by atoms with Gasteiger partial charge >= 0.3 is 5.97 Å². The summed E-state index contributed by atoms with van der Waals surface area (Å²) >= 11 is 0. The van der Waals surface area contributed by atoms with Crippen LogP contribution in [0.2, 0.25) is 0 Å². The summed E-state index contributed by atoms with van der Waals surface area (Å²) in [5.41, 5.74) is -1.11. The van der Waals surface area contributed by atoms with Crippen LogP contribution in [0.3, 0.4) is 0 Å². The van der Waals surface area contributed by atoms with Crippen LogP contribution in [0.25, 0.3) is 0 Å². The SMILES string of the molecule is CC(CCC(=O)N1CCC(F)(C(=O)O)C1)c1ccccc1. The molecule has 1 aliphatic heterocycles. The average Bonchev–Trinajstić information content (AvgIpc) is 2.89.